The highest BCUT2D eigenvalue weighted by atomic mass is 79.9. The van der Waals surface area contributed by atoms with Crippen LogP contribution in [0.5, 0.6) is 0 Å². The summed E-state index contributed by atoms with van der Waals surface area (Å²) in [6.07, 6.45) is 0. The number of fused-ring (bicyclic) bond motifs is 3. The van der Waals surface area contributed by atoms with Crippen LogP contribution >= 0.6 is 38.9 Å². The number of hydrogen-bond acceptors (Lipinski definition) is 1. The van der Waals surface area contributed by atoms with Crippen molar-refractivity contribution in [1.82, 2.24) is 0 Å². The largest absolute Gasteiger partial charge is 0.143 e. The second-order valence-corrected chi connectivity index (χ2v) is 5.53. The van der Waals surface area contributed by atoms with Crippen molar-refractivity contribution in [3.63, 3.8) is 0 Å². The van der Waals surface area contributed by atoms with Crippen molar-refractivity contribution in [2.45, 2.75) is 0 Å². The Hall–Kier alpha value is -0.570. The zero-order valence-electron chi connectivity index (χ0n) is 7.63. The van der Waals surface area contributed by atoms with Crippen LogP contribution in [-0.2, 0) is 0 Å². The lowest BCUT2D eigenvalue weighted by Gasteiger charge is -2.02. The molecular formula is C12H6BrClS. The molecule has 0 atom stereocenters. The molecule has 0 aliphatic carbocycles. The minimum atomic E-state index is 0.817. The Kier molecular flexibility index (Phi) is 2.23. The first-order chi connectivity index (χ1) is 7.27. The summed E-state index contributed by atoms with van der Waals surface area (Å²) in [7, 11) is 0. The second-order valence-electron chi connectivity index (χ2n) is 3.36. The average Bonchev–Trinajstić information content (AvgIpc) is 2.61. The summed E-state index contributed by atoms with van der Waals surface area (Å²) in [4.78, 5) is 0. The van der Waals surface area contributed by atoms with Crippen LogP contribution in [0, 0.1) is 0 Å². The molecule has 0 amide bonds. The van der Waals surface area contributed by atoms with Gasteiger partial charge in [-0.25, -0.2) is 0 Å². The first-order valence-electron chi connectivity index (χ1n) is 4.51. The summed E-state index contributed by atoms with van der Waals surface area (Å²) in [6.45, 7) is 0. The molecule has 0 saturated heterocycles. The Morgan fingerprint density at radius 3 is 2.80 bits per heavy atom. The van der Waals surface area contributed by atoms with Crippen LogP contribution in [0.25, 0.3) is 20.9 Å². The maximum Gasteiger partial charge on any atom is 0.0491 e. The molecular weight excluding hydrogens is 292 g/mol. The van der Waals surface area contributed by atoms with E-state index in [0.717, 1.165) is 14.9 Å². The van der Waals surface area contributed by atoms with Gasteiger partial charge >= 0.3 is 0 Å². The Morgan fingerprint density at radius 1 is 1.07 bits per heavy atom. The Bertz CT molecular complexity index is 657. The van der Waals surface area contributed by atoms with E-state index in [1.54, 1.807) is 11.3 Å². The lowest BCUT2D eigenvalue weighted by atomic mass is 10.1. The molecule has 0 unspecified atom stereocenters. The first-order valence-corrected chi connectivity index (χ1v) is 6.56. The van der Waals surface area contributed by atoms with Crippen LogP contribution in [0.15, 0.2) is 40.2 Å². The van der Waals surface area contributed by atoms with Gasteiger partial charge in [0.1, 0.15) is 0 Å². The zero-order chi connectivity index (χ0) is 10.4. The summed E-state index contributed by atoms with van der Waals surface area (Å²) in [5, 5.41) is 6.48. The van der Waals surface area contributed by atoms with Crippen LogP contribution in [0.1, 0.15) is 0 Å². The van der Waals surface area contributed by atoms with Gasteiger partial charge in [-0.2, -0.15) is 0 Å². The SMILES string of the molecule is Clc1cccc2ccc3scc(Br)c3c12. The smallest absolute Gasteiger partial charge is 0.0491 e. The third-order valence-corrected chi connectivity index (χ3v) is 4.68. The van der Waals surface area contributed by atoms with Gasteiger partial charge in [0.2, 0.25) is 0 Å². The Morgan fingerprint density at radius 2 is 1.93 bits per heavy atom. The predicted octanol–water partition coefficient (Wildman–Crippen LogP) is 5.47. The van der Waals surface area contributed by atoms with Crippen LogP contribution in [0.3, 0.4) is 0 Å². The molecule has 0 nitrogen and oxygen atoms in total. The van der Waals surface area contributed by atoms with Crippen molar-refractivity contribution in [2.75, 3.05) is 0 Å². The molecule has 1 heterocycles. The molecule has 0 aliphatic rings. The molecule has 2 aromatic carbocycles. The van der Waals surface area contributed by atoms with Gasteiger partial charge in [0.15, 0.2) is 0 Å². The third kappa shape index (κ3) is 1.40. The maximum atomic E-state index is 6.25. The van der Waals surface area contributed by atoms with Crippen LogP contribution < -0.4 is 0 Å². The number of halogens is 2. The van der Waals surface area contributed by atoms with Crippen LogP contribution in [-0.4, -0.2) is 0 Å². The zero-order valence-corrected chi connectivity index (χ0v) is 10.8. The monoisotopic (exact) mass is 296 g/mol. The van der Waals surface area contributed by atoms with E-state index in [-0.39, 0.29) is 0 Å². The highest BCUT2D eigenvalue weighted by Gasteiger charge is 2.08. The van der Waals surface area contributed by atoms with Crippen molar-refractivity contribution in [1.29, 1.82) is 0 Å². The van der Waals surface area contributed by atoms with Crippen molar-refractivity contribution in [3.8, 4) is 0 Å². The Labute approximate surface area is 105 Å². The molecule has 0 N–H and O–H groups in total. The summed E-state index contributed by atoms with van der Waals surface area (Å²) in [6, 6.07) is 10.3. The van der Waals surface area contributed by atoms with Gasteiger partial charge in [-0.05, 0) is 33.4 Å². The minimum absolute atomic E-state index is 0.817. The first kappa shape index (κ1) is 9.64. The van der Waals surface area contributed by atoms with Gasteiger partial charge < -0.3 is 0 Å². The van der Waals surface area contributed by atoms with E-state index in [0.29, 0.717) is 0 Å². The molecule has 0 spiro atoms. The molecule has 0 fully saturated rings. The van der Waals surface area contributed by atoms with Crippen LogP contribution in [0.2, 0.25) is 5.02 Å². The summed E-state index contributed by atoms with van der Waals surface area (Å²) in [5.41, 5.74) is 0. The van der Waals surface area contributed by atoms with E-state index < -0.39 is 0 Å². The van der Waals surface area contributed by atoms with E-state index in [1.807, 2.05) is 12.1 Å². The fourth-order valence-electron chi connectivity index (χ4n) is 1.82. The number of thiophene rings is 1. The Balaban J connectivity index is 2.68. The van der Waals surface area contributed by atoms with Crippen molar-refractivity contribution in [3.05, 3.63) is 45.2 Å². The summed E-state index contributed by atoms with van der Waals surface area (Å²) < 4.78 is 2.39. The topological polar surface area (TPSA) is 0 Å². The van der Waals surface area contributed by atoms with Crippen LogP contribution in [0.4, 0.5) is 0 Å². The normalized spacial score (nSPS) is 11.3. The fraction of sp³-hybridized carbons (Fsp3) is 0. The van der Waals surface area contributed by atoms with E-state index in [9.17, 15) is 0 Å². The molecule has 1 aromatic heterocycles. The standard InChI is InChI=1S/C12H6BrClS/c13-8-6-15-10-5-4-7-2-1-3-9(14)11(7)12(8)10/h1-6H. The van der Waals surface area contributed by atoms with Gasteiger partial charge in [0, 0.05) is 30.3 Å². The minimum Gasteiger partial charge on any atom is -0.143 e. The van der Waals surface area contributed by atoms with Crippen molar-refractivity contribution < 1.29 is 0 Å². The maximum absolute atomic E-state index is 6.25. The van der Waals surface area contributed by atoms with Crippen molar-refractivity contribution in [2.24, 2.45) is 0 Å². The molecule has 3 heteroatoms. The number of hydrogen-bond donors (Lipinski definition) is 0. The highest BCUT2D eigenvalue weighted by Crippen LogP contribution is 2.38. The summed E-state index contributed by atoms with van der Waals surface area (Å²) in [5.74, 6) is 0. The number of rotatable bonds is 0. The molecule has 74 valence electrons. The average molecular weight is 298 g/mol. The van der Waals surface area contributed by atoms with Gasteiger partial charge in [0.05, 0.1) is 0 Å². The van der Waals surface area contributed by atoms with E-state index >= 15 is 0 Å². The van der Waals surface area contributed by atoms with Gasteiger partial charge in [-0.15, -0.1) is 11.3 Å². The molecule has 0 saturated carbocycles. The lowest BCUT2D eigenvalue weighted by molar-refractivity contribution is 1.80. The van der Waals surface area contributed by atoms with E-state index in [2.05, 4.69) is 39.5 Å². The third-order valence-electron chi connectivity index (χ3n) is 2.48. The predicted molar refractivity (Wildman–Crippen MR) is 72.0 cm³/mol. The highest BCUT2D eigenvalue weighted by molar-refractivity contribution is 9.10. The van der Waals surface area contributed by atoms with E-state index in [1.165, 1.54) is 15.5 Å². The summed E-state index contributed by atoms with van der Waals surface area (Å²) >= 11 is 11.6. The lowest BCUT2D eigenvalue weighted by Crippen LogP contribution is -1.75. The van der Waals surface area contributed by atoms with Gasteiger partial charge in [-0.1, -0.05) is 29.8 Å². The molecule has 15 heavy (non-hydrogen) atoms. The molecule has 3 aromatic rings. The molecule has 3 rings (SSSR count). The molecule has 0 bridgehead atoms. The number of benzene rings is 2. The molecule has 0 aliphatic heterocycles. The fourth-order valence-corrected chi connectivity index (χ4v) is 3.75. The molecule has 0 radical (unpaired) electrons. The van der Waals surface area contributed by atoms with Gasteiger partial charge in [-0.3, -0.25) is 0 Å². The van der Waals surface area contributed by atoms with Gasteiger partial charge in [0.25, 0.3) is 0 Å². The van der Waals surface area contributed by atoms with Crippen molar-refractivity contribution >= 4 is 59.7 Å². The van der Waals surface area contributed by atoms with E-state index in [4.69, 9.17) is 11.6 Å². The second kappa shape index (κ2) is 3.48. The quantitative estimate of drug-likeness (QED) is 0.516.